The number of hydrogen-bond acceptors (Lipinski definition) is 5. The molecular formula is C18H23N5O. The average Bonchev–Trinajstić information content (AvgIpc) is 2.89. The van der Waals surface area contributed by atoms with Crippen molar-refractivity contribution < 1.29 is 4.74 Å². The molecule has 0 aliphatic carbocycles. The quantitative estimate of drug-likeness (QED) is 0.719. The van der Waals surface area contributed by atoms with Crippen LogP contribution in [0.4, 0.5) is 0 Å². The molecule has 0 N–H and O–H groups in total. The summed E-state index contributed by atoms with van der Waals surface area (Å²) in [5.74, 6) is 1.51. The van der Waals surface area contributed by atoms with Crippen LogP contribution in [0.25, 0.3) is 16.9 Å². The highest BCUT2D eigenvalue weighted by Crippen LogP contribution is 2.24. The van der Waals surface area contributed by atoms with Crippen LogP contribution in [0.15, 0.2) is 30.7 Å². The van der Waals surface area contributed by atoms with Crippen LogP contribution < -0.4 is 4.74 Å². The number of fused-ring (bicyclic) bond motifs is 1. The topological polar surface area (TPSA) is 65.2 Å². The molecule has 0 radical (unpaired) electrons. The standard InChI is InChI=1S/C18H23N5O/c1-17(2,3)16-22-21-14-10-19-13(11-23(14)16)12-7-8-15(20-9-12)24-18(4,5)6/h7-11H,1-6H3. The van der Waals surface area contributed by atoms with Gasteiger partial charge < -0.3 is 4.74 Å². The van der Waals surface area contributed by atoms with Gasteiger partial charge in [0, 0.05) is 29.4 Å². The Kier molecular flexibility index (Phi) is 3.78. The zero-order valence-electron chi connectivity index (χ0n) is 15.0. The van der Waals surface area contributed by atoms with Gasteiger partial charge in [-0.25, -0.2) is 4.98 Å². The number of nitrogens with zero attached hydrogens (tertiary/aromatic N) is 5. The predicted octanol–water partition coefficient (Wildman–Crippen LogP) is 3.66. The zero-order chi connectivity index (χ0) is 17.5. The van der Waals surface area contributed by atoms with Crippen molar-refractivity contribution in [2.45, 2.75) is 52.6 Å². The summed E-state index contributed by atoms with van der Waals surface area (Å²) >= 11 is 0. The first-order valence-corrected chi connectivity index (χ1v) is 8.00. The first kappa shape index (κ1) is 16.4. The molecule has 0 saturated carbocycles. The second-order valence-corrected chi connectivity index (χ2v) is 7.87. The summed E-state index contributed by atoms with van der Waals surface area (Å²) < 4.78 is 7.75. The van der Waals surface area contributed by atoms with E-state index in [-0.39, 0.29) is 11.0 Å². The summed E-state index contributed by atoms with van der Waals surface area (Å²) in [6.07, 6.45) is 5.46. The Labute approximate surface area is 141 Å². The second kappa shape index (κ2) is 5.54. The predicted molar refractivity (Wildman–Crippen MR) is 93.1 cm³/mol. The third-order valence-corrected chi connectivity index (χ3v) is 3.41. The van der Waals surface area contributed by atoms with Gasteiger partial charge in [0.15, 0.2) is 5.65 Å². The van der Waals surface area contributed by atoms with Crippen molar-refractivity contribution in [1.29, 1.82) is 0 Å². The molecule has 0 fully saturated rings. The van der Waals surface area contributed by atoms with Crippen molar-refractivity contribution >= 4 is 5.65 Å². The van der Waals surface area contributed by atoms with Gasteiger partial charge in [0.1, 0.15) is 11.4 Å². The molecule has 0 bridgehead atoms. The molecule has 0 unspecified atom stereocenters. The van der Waals surface area contributed by atoms with Crippen LogP contribution in [-0.4, -0.2) is 30.2 Å². The summed E-state index contributed by atoms with van der Waals surface area (Å²) in [4.78, 5) is 8.85. The largest absolute Gasteiger partial charge is 0.472 e. The van der Waals surface area contributed by atoms with Gasteiger partial charge in [0.25, 0.3) is 0 Å². The molecule has 0 amide bonds. The minimum Gasteiger partial charge on any atom is -0.472 e. The fourth-order valence-corrected chi connectivity index (χ4v) is 2.37. The Morgan fingerprint density at radius 1 is 0.917 bits per heavy atom. The van der Waals surface area contributed by atoms with Gasteiger partial charge in [-0.1, -0.05) is 20.8 Å². The Balaban J connectivity index is 1.97. The highest BCUT2D eigenvalue weighted by atomic mass is 16.5. The first-order chi connectivity index (χ1) is 11.1. The van der Waals surface area contributed by atoms with E-state index >= 15 is 0 Å². The van der Waals surface area contributed by atoms with Gasteiger partial charge in [0.05, 0.1) is 11.9 Å². The van der Waals surface area contributed by atoms with Gasteiger partial charge in [0.2, 0.25) is 5.88 Å². The van der Waals surface area contributed by atoms with Gasteiger partial charge in [-0.2, -0.15) is 0 Å². The lowest BCUT2D eigenvalue weighted by atomic mass is 9.96. The monoisotopic (exact) mass is 325 g/mol. The average molecular weight is 325 g/mol. The van der Waals surface area contributed by atoms with E-state index in [1.807, 2.05) is 43.5 Å². The number of aromatic nitrogens is 5. The molecule has 0 atom stereocenters. The van der Waals surface area contributed by atoms with Gasteiger partial charge >= 0.3 is 0 Å². The third-order valence-electron chi connectivity index (χ3n) is 3.41. The molecule has 0 aromatic carbocycles. The molecular weight excluding hydrogens is 302 g/mol. The molecule has 126 valence electrons. The van der Waals surface area contributed by atoms with E-state index in [0.29, 0.717) is 5.88 Å². The summed E-state index contributed by atoms with van der Waals surface area (Å²) in [6, 6.07) is 3.83. The maximum atomic E-state index is 5.76. The summed E-state index contributed by atoms with van der Waals surface area (Å²) in [6.45, 7) is 12.3. The van der Waals surface area contributed by atoms with E-state index in [1.54, 1.807) is 12.4 Å². The van der Waals surface area contributed by atoms with Crippen molar-refractivity contribution in [3.8, 4) is 17.1 Å². The maximum Gasteiger partial charge on any atom is 0.213 e. The highest BCUT2D eigenvalue weighted by Gasteiger charge is 2.21. The van der Waals surface area contributed by atoms with Crippen LogP contribution in [0, 0.1) is 0 Å². The van der Waals surface area contributed by atoms with Crippen molar-refractivity contribution in [2.24, 2.45) is 0 Å². The molecule has 6 nitrogen and oxygen atoms in total. The number of ether oxygens (including phenoxy) is 1. The lowest BCUT2D eigenvalue weighted by Gasteiger charge is -2.20. The zero-order valence-corrected chi connectivity index (χ0v) is 15.0. The van der Waals surface area contributed by atoms with E-state index < -0.39 is 0 Å². The molecule has 0 saturated heterocycles. The summed E-state index contributed by atoms with van der Waals surface area (Å²) in [5.41, 5.74) is 2.12. The molecule has 3 rings (SSSR count). The normalized spacial score (nSPS) is 12.6. The van der Waals surface area contributed by atoms with Crippen LogP contribution in [0.2, 0.25) is 0 Å². The minimum atomic E-state index is -0.268. The lowest BCUT2D eigenvalue weighted by Crippen LogP contribution is -2.23. The van der Waals surface area contributed by atoms with Gasteiger partial charge in [-0.3, -0.25) is 9.38 Å². The van der Waals surface area contributed by atoms with E-state index in [4.69, 9.17) is 4.74 Å². The molecule has 0 aliphatic rings. The first-order valence-electron chi connectivity index (χ1n) is 8.00. The molecule has 0 aliphatic heterocycles. The number of rotatable bonds is 2. The Bertz CT molecular complexity index is 854. The molecule has 6 heteroatoms. The minimum absolute atomic E-state index is 0.0965. The van der Waals surface area contributed by atoms with Crippen molar-refractivity contribution in [2.75, 3.05) is 0 Å². The SMILES string of the molecule is CC(C)(C)Oc1ccc(-c2cn3c(C(C)(C)C)nnc3cn2)cn1. The maximum absolute atomic E-state index is 5.76. The van der Waals surface area contributed by atoms with E-state index in [9.17, 15) is 0 Å². The fraction of sp³-hybridized carbons (Fsp3) is 0.444. The number of hydrogen-bond donors (Lipinski definition) is 0. The van der Waals surface area contributed by atoms with Gasteiger partial charge in [-0.05, 0) is 26.8 Å². The van der Waals surface area contributed by atoms with Crippen LogP contribution in [0.3, 0.4) is 0 Å². The molecule has 3 heterocycles. The Hall–Kier alpha value is -2.50. The van der Waals surface area contributed by atoms with E-state index in [1.165, 1.54) is 0 Å². The Morgan fingerprint density at radius 2 is 1.67 bits per heavy atom. The lowest BCUT2D eigenvalue weighted by molar-refractivity contribution is 0.124. The summed E-state index contributed by atoms with van der Waals surface area (Å²) in [5, 5.41) is 8.48. The van der Waals surface area contributed by atoms with Gasteiger partial charge in [-0.15, -0.1) is 10.2 Å². The van der Waals surface area contributed by atoms with Crippen LogP contribution in [-0.2, 0) is 5.41 Å². The third kappa shape index (κ3) is 3.37. The van der Waals surface area contributed by atoms with Crippen LogP contribution in [0.1, 0.15) is 47.4 Å². The van der Waals surface area contributed by atoms with Crippen LogP contribution in [0.5, 0.6) is 5.88 Å². The molecule has 3 aromatic rings. The second-order valence-electron chi connectivity index (χ2n) is 7.87. The molecule has 24 heavy (non-hydrogen) atoms. The van der Waals surface area contributed by atoms with E-state index in [0.717, 1.165) is 22.7 Å². The van der Waals surface area contributed by atoms with Crippen molar-refractivity contribution in [3.63, 3.8) is 0 Å². The van der Waals surface area contributed by atoms with Crippen LogP contribution >= 0.6 is 0 Å². The van der Waals surface area contributed by atoms with Crippen molar-refractivity contribution in [1.82, 2.24) is 24.6 Å². The smallest absolute Gasteiger partial charge is 0.213 e. The fourth-order valence-electron chi connectivity index (χ4n) is 2.37. The number of pyridine rings is 1. The van der Waals surface area contributed by atoms with E-state index in [2.05, 4.69) is 40.9 Å². The molecule has 0 spiro atoms. The Morgan fingerprint density at radius 3 is 2.25 bits per heavy atom. The highest BCUT2D eigenvalue weighted by molar-refractivity contribution is 5.59. The summed E-state index contributed by atoms with van der Waals surface area (Å²) in [7, 11) is 0. The molecule has 3 aromatic heterocycles. The van der Waals surface area contributed by atoms with Crippen molar-refractivity contribution in [3.05, 3.63) is 36.5 Å².